The molecule has 21 heavy (non-hydrogen) atoms. The Kier molecular flexibility index (Phi) is 5.61. The molecule has 0 heterocycles. The van der Waals surface area contributed by atoms with Crippen LogP contribution in [0.2, 0.25) is 0 Å². The first kappa shape index (κ1) is 16.4. The summed E-state index contributed by atoms with van der Waals surface area (Å²) in [7, 11) is 7.48. The van der Waals surface area contributed by atoms with Crippen molar-refractivity contribution in [2.75, 3.05) is 35.4 Å². The van der Waals surface area contributed by atoms with E-state index in [4.69, 9.17) is 14.2 Å². The minimum absolute atomic E-state index is 0.253. The molecule has 0 aromatic heterocycles. The van der Waals surface area contributed by atoms with Crippen LogP contribution in [0.15, 0.2) is 12.1 Å². The van der Waals surface area contributed by atoms with Crippen LogP contribution in [0.1, 0.15) is 10.4 Å². The summed E-state index contributed by atoms with van der Waals surface area (Å²) in [6, 6.07) is 2.97. The van der Waals surface area contributed by atoms with Crippen molar-refractivity contribution in [3.05, 3.63) is 17.7 Å². The number of Topliss-reactive ketones (excluding diaryl/α,β-unsaturated/α-hetero) is 1. The third-order valence-electron chi connectivity index (χ3n) is 2.62. The molecule has 112 valence electrons. The van der Waals surface area contributed by atoms with Crippen LogP contribution in [0.25, 0.3) is 0 Å². The molecule has 0 spiro atoms. The maximum Gasteiger partial charge on any atom is 0.298 e. The summed E-state index contributed by atoms with van der Waals surface area (Å²) >= 11 is 0. The fourth-order valence-electron chi connectivity index (χ4n) is 1.51. The zero-order valence-corrected chi connectivity index (χ0v) is 12.6. The molecule has 0 saturated carbocycles. The van der Waals surface area contributed by atoms with Crippen LogP contribution in [0, 0.1) is 11.8 Å². The van der Waals surface area contributed by atoms with Crippen molar-refractivity contribution in [2.45, 2.75) is 0 Å². The predicted octanol–water partition coefficient (Wildman–Crippen LogP) is 0.987. The number of amides is 1. The number of rotatable bonds is 4. The van der Waals surface area contributed by atoms with Gasteiger partial charge in [-0.25, -0.2) is 0 Å². The van der Waals surface area contributed by atoms with Gasteiger partial charge in [0.1, 0.15) is 0 Å². The van der Waals surface area contributed by atoms with Crippen LogP contribution in [-0.4, -0.2) is 52.0 Å². The second-order valence-corrected chi connectivity index (χ2v) is 4.19. The van der Waals surface area contributed by atoms with E-state index in [9.17, 15) is 9.59 Å². The molecule has 6 nitrogen and oxygen atoms in total. The second kappa shape index (κ2) is 7.20. The molecule has 0 fully saturated rings. The first-order valence-electron chi connectivity index (χ1n) is 6.02. The van der Waals surface area contributed by atoms with E-state index in [1.54, 1.807) is 14.1 Å². The van der Waals surface area contributed by atoms with Gasteiger partial charge in [-0.05, 0) is 18.1 Å². The summed E-state index contributed by atoms with van der Waals surface area (Å²) in [5.41, 5.74) is 0.253. The normalized spacial score (nSPS) is 9.19. The lowest BCUT2D eigenvalue weighted by Gasteiger charge is -2.12. The summed E-state index contributed by atoms with van der Waals surface area (Å²) < 4.78 is 15.5. The van der Waals surface area contributed by atoms with Gasteiger partial charge in [-0.1, -0.05) is 0 Å². The van der Waals surface area contributed by atoms with Crippen molar-refractivity contribution in [3.63, 3.8) is 0 Å². The summed E-state index contributed by atoms with van der Waals surface area (Å²) in [5.74, 6) is 4.67. The van der Waals surface area contributed by atoms with Gasteiger partial charge in [0.25, 0.3) is 5.91 Å². The molecule has 0 unspecified atom stereocenters. The molecule has 6 heteroatoms. The third-order valence-corrected chi connectivity index (χ3v) is 2.62. The van der Waals surface area contributed by atoms with Gasteiger partial charge in [0.15, 0.2) is 11.5 Å². The molecule has 0 aliphatic heterocycles. The van der Waals surface area contributed by atoms with E-state index >= 15 is 0 Å². The van der Waals surface area contributed by atoms with Crippen molar-refractivity contribution in [1.29, 1.82) is 0 Å². The zero-order valence-electron chi connectivity index (χ0n) is 12.6. The molecule has 0 radical (unpaired) electrons. The molecule has 0 N–H and O–H groups in total. The van der Waals surface area contributed by atoms with Crippen molar-refractivity contribution in [2.24, 2.45) is 0 Å². The Labute approximate surface area is 123 Å². The smallest absolute Gasteiger partial charge is 0.298 e. The van der Waals surface area contributed by atoms with Gasteiger partial charge in [0.2, 0.25) is 11.5 Å². The lowest BCUT2D eigenvalue weighted by atomic mass is 10.1. The largest absolute Gasteiger partial charge is 0.493 e. The number of hydrogen-bond donors (Lipinski definition) is 0. The number of ether oxygens (including phenoxy) is 3. The Morgan fingerprint density at radius 3 is 1.86 bits per heavy atom. The summed E-state index contributed by atoms with van der Waals surface area (Å²) in [5, 5.41) is 0. The van der Waals surface area contributed by atoms with E-state index in [2.05, 4.69) is 11.8 Å². The van der Waals surface area contributed by atoms with E-state index in [1.807, 2.05) is 0 Å². The topological polar surface area (TPSA) is 65.1 Å². The Hall–Kier alpha value is -2.68. The van der Waals surface area contributed by atoms with Gasteiger partial charge in [-0.2, -0.15) is 0 Å². The van der Waals surface area contributed by atoms with E-state index in [0.29, 0.717) is 17.2 Å². The Bertz CT molecular complexity index is 585. The Morgan fingerprint density at radius 2 is 1.48 bits per heavy atom. The van der Waals surface area contributed by atoms with Crippen LogP contribution < -0.4 is 14.2 Å². The number of hydrogen-bond acceptors (Lipinski definition) is 5. The molecule has 0 aliphatic rings. The van der Waals surface area contributed by atoms with Crippen molar-refractivity contribution >= 4 is 11.7 Å². The third kappa shape index (κ3) is 3.89. The van der Waals surface area contributed by atoms with Gasteiger partial charge in [-0.3, -0.25) is 9.59 Å². The van der Waals surface area contributed by atoms with E-state index in [0.717, 1.165) is 0 Å². The van der Waals surface area contributed by atoms with Crippen LogP contribution in [0.5, 0.6) is 17.2 Å². The number of carbonyl (C=O) groups excluding carboxylic acids is 2. The molecule has 0 atom stereocenters. The fraction of sp³-hybridized carbons (Fsp3) is 0.333. The number of nitrogens with zero attached hydrogens (tertiary/aromatic N) is 1. The summed E-state index contributed by atoms with van der Waals surface area (Å²) in [6.45, 7) is 0. The minimum Gasteiger partial charge on any atom is -0.493 e. The average Bonchev–Trinajstić information content (AvgIpc) is 2.50. The maximum absolute atomic E-state index is 12.0. The fourth-order valence-corrected chi connectivity index (χ4v) is 1.51. The second-order valence-electron chi connectivity index (χ2n) is 4.19. The standard InChI is InChI=1S/C15H17NO5/c1-16(2)14(18)7-6-11(17)10-8-12(19-3)15(21-5)13(9-10)20-4/h8-9H,1-5H3. The van der Waals surface area contributed by atoms with Gasteiger partial charge >= 0.3 is 0 Å². The first-order valence-corrected chi connectivity index (χ1v) is 6.02. The van der Waals surface area contributed by atoms with Crippen molar-refractivity contribution in [3.8, 4) is 29.1 Å². The average molecular weight is 291 g/mol. The predicted molar refractivity (Wildman–Crippen MR) is 76.9 cm³/mol. The number of carbonyl (C=O) groups is 2. The molecule has 0 saturated heterocycles. The highest BCUT2D eigenvalue weighted by Gasteiger charge is 2.16. The van der Waals surface area contributed by atoms with Gasteiger partial charge in [0, 0.05) is 25.6 Å². The van der Waals surface area contributed by atoms with E-state index in [1.165, 1.54) is 38.4 Å². The molecule has 1 aromatic rings. The zero-order chi connectivity index (χ0) is 16.0. The van der Waals surface area contributed by atoms with Gasteiger partial charge in [0.05, 0.1) is 21.3 Å². The van der Waals surface area contributed by atoms with Crippen LogP contribution in [-0.2, 0) is 4.79 Å². The molecule has 0 bridgehead atoms. The van der Waals surface area contributed by atoms with Crippen LogP contribution >= 0.6 is 0 Å². The molecular weight excluding hydrogens is 274 g/mol. The Morgan fingerprint density at radius 1 is 0.952 bits per heavy atom. The van der Waals surface area contributed by atoms with E-state index < -0.39 is 11.7 Å². The molecule has 0 aliphatic carbocycles. The molecule has 1 aromatic carbocycles. The molecule has 1 amide bonds. The van der Waals surface area contributed by atoms with E-state index in [-0.39, 0.29) is 5.56 Å². The maximum atomic E-state index is 12.0. The lowest BCUT2D eigenvalue weighted by Crippen LogP contribution is -2.19. The van der Waals surface area contributed by atoms with Crippen molar-refractivity contribution in [1.82, 2.24) is 4.90 Å². The van der Waals surface area contributed by atoms with Crippen LogP contribution in [0.3, 0.4) is 0 Å². The number of ketones is 1. The van der Waals surface area contributed by atoms with Crippen LogP contribution in [0.4, 0.5) is 0 Å². The highest BCUT2D eigenvalue weighted by atomic mass is 16.5. The number of benzene rings is 1. The quantitative estimate of drug-likeness (QED) is 0.470. The minimum atomic E-state index is -0.510. The number of methoxy groups -OCH3 is 3. The highest BCUT2D eigenvalue weighted by molar-refractivity contribution is 6.12. The first-order chi connectivity index (χ1) is 9.94. The lowest BCUT2D eigenvalue weighted by molar-refractivity contribution is -0.122. The monoisotopic (exact) mass is 291 g/mol. The summed E-state index contributed by atoms with van der Waals surface area (Å²) in [6.07, 6.45) is 0. The van der Waals surface area contributed by atoms with Gasteiger partial charge in [-0.15, -0.1) is 0 Å². The SMILES string of the molecule is COc1cc(C(=O)C#CC(=O)N(C)C)cc(OC)c1OC. The highest BCUT2D eigenvalue weighted by Crippen LogP contribution is 2.38. The molecule has 1 rings (SSSR count). The van der Waals surface area contributed by atoms with Crippen molar-refractivity contribution < 1.29 is 23.8 Å². The van der Waals surface area contributed by atoms with Gasteiger partial charge < -0.3 is 19.1 Å². The Balaban J connectivity index is 3.19. The molecular formula is C15H17NO5. The summed E-state index contributed by atoms with van der Waals surface area (Å²) in [4.78, 5) is 24.7.